The summed E-state index contributed by atoms with van der Waals surface area (Å²) in [5.74, 6) is 0.942. The summed E-state index contributed by atoms with van der Waals surface area (Å²) in [5, 5.41) is 0. The van der Waals surface area contributed by atoms with Crippen LogP contribution in [0.15, 0.2) is 6.07 Å². The molecule has 1 aliphatic rings. The lowest BCUT2D eigenvalue weighted by molar-refractivity contribution is 1.18. The highest BCUT2D eigenvalue weighted by Gasteiger charge is 2.25. The van der Waals surface area contributed by atoms with Crippen molar-refractivity contribution in [3.8, 4) is 0 Å². The fourth-order valence-electron chi connectivity index (χ4n) is 1.17. The average molecular weight is 152 g/mol. The van der Waals surface area contributed by atoms with E-state index < -0.39 is 0 Å². The standard InChI is InChI=1S/C9H12S/c1-6-5-9(8-3-4-8)10-7(6)2/h5,8H,3-4H2,1-2H3. The van der Waals surface area contributed by atoms with Crippen molar-refractivity contribution in [3.05, 3.63) is 21.4 Å². The van der Waals surface area contributed by atoms with Crippen LogP contribution in [0.3, 0.4) is 0 Å². The lowest BCUT2D eigenvalue weighted by Gasteiger charge is -1.83. The molecule has 1 aromatic rings. The minimum absolute atomic E-state index is 0.942. The van der Waals surface area contributed by atoms with Crippen molar-refractivity contribution in [2.75, 3.05) is 0 Å². The van der Waals surface area contributed by atoms with E-state index in [0.29, 0.717) is 0 Å². The molecule has 0 unspecified atom stereocenters. The summed E-state index contributed by atoms with van der Waals surface area (Å²) in [5.41, 5.74) is 1.48. The SMILES string of the molecule is Cc1cc(C2CC2)sc1C. The Morgan fingerprint density at radius 2 is 2.10 bits per heavy atom. The van der Waals surface area contributed by atoms with E-state index in [1.54, 1.807) is 4.88 Å². The lowest BCUT2D eigenvalue weighted by Crippen LogP contribution is -1.65. The maximum atomic E-state index is 2.36. The molecule has 0 amide bonds. The van der Waals surface area contributed by atoms with Crippen LogP contribution >= 0.6 is 11.3 Å². The van der Waals surface area contributed by atoms with Gasteiger partial charge in [0.1, 0.15) is 0 Å². The second kappa shape index (κ2) is 2.09. The monoisotopic (exact) mass is 152 g/mol. The zero-order valence-corrected chi connectivity index (χ0v) is 7.29. The zero-order valence-electron chi connectivity index (χ0n) is 6.48. The van der Waals surface area contributed by atoms with Gasteiger partial charge in [0.2, 0.25) is 0 Å². The van der Waals surface area contributed by atoms with Gasteiger partial charge < -0.3 is 0 Å². The van der Waals surface area contributed by atoms with Crippen molar-refractivity contribution in [1.29, 1.82) is 0 Å². The topological polar surface area (TPSA) is 0 Å². The van der Waals surface area contributed by atoms with Gasteiger partial charge in [-0.3, -0.25) is 0 Å². The number of aryl methyl sites for hydroxylation is 2. The highest BCUT2D eigenvalue weighted by Crippen LogP contribution is 2.43. The van der Waals surface area contributed by atoms with E-state index >= 15 is 0 Å². The first kappa shape index (κ1) is 6.41. The maximum Gasteiger partial charge on any atom is 0.00817 e. The van der Waals surface area contributed by atoms with Gasteiger partial charge in [0.15, 0.2) is 0 Å². The summed E-state index contributed by atoms with van der Waals surface area (Å²) in [4.78, 5) is 3.12. The first-order chi connectivity index (χ1) is 4.77. The van der Waals surface area contributed by atoms with Crippen molar-refractivity contribution in [2.45, 2.75) is 32.6 Å². The molecule has 1 aliphatic carbocycles. The average Bonchev–Trinajstić information content (AvgIpc) is 2.64. The minimum Gasteiger partial charge on any atom is -0.145 e. The number of thiophene rings is 1. The van der Waals surface area contributed by atoms with E-state index in [2.05, 4.69) is 19.9 Å². The zero-order chi connectivity index (χ0) is 7.14. The Morgan fingerprint density at radius 1 is 1.40 bits per heavy atom. The van der Waals surface area contributed by atoms with Crippen molar-refractivity contribution in [1.82, 2.24) is 0 Å². The number of hydrogen-bond acceptors (Lipinski definition) is 1. The van der Waals surface area contributed by atoms with Crippen LogP contribution in [-0.2, 0) is 0 Å². The third kappa shape index (κ3) is 0.988. The van der Waals surface area contributed by atoms with Crippen molar-refractivity contribution < 1.29 is 0 Å². The van der Waals surface area contributed by atoms with Crippen LogP contribution in [-0.4, -0.2) is 0 Å². The Hall–Kier alpha value is -0.300. The largest absolute Gasteiger partial charge is 0.145 e. The van der Waals surface area contributed by atoms with E-state index in [0.717, 1.165) is 5.92 Å². The Morgan fingerprint density at radius 3 is 2.50 bits per heavy atom. The van der Waals surface area contributed by atoms with Crippen LogP contribution in [0.2, 0.25) is 0 Å². The van der Waals surface area contributed by atoms with Crippen LogP contribution in [0, 0.1) is 13.8 Å². The van der Waals surface area contributed by atoms with Crippen LogP contribution < -0.4 is 0 Å². The van der Waals surface area contributed by atoms with Gasteiger partial charge in [-0.2, -0.15) is 0 Å². The lowest BCUT2D eigenvalue weighted by atomic mass is 10.2. The van der Waals surface area contributed by atoms with Crippen LogP contribution in [0.25, 0.3) is 0 Å². The van der Waals surface area contributed by atoms with Crippen LogP contribution in [0.1, 0.15) is 34.1 Å². The minimum atomic E-state index is 0.942. The van der Waals surface area contributed by atoms with Gasteiger partial charge in [-0.05, 0) is 44.2 Å². The number of hydrogen-bond donors (Lipinski definition) is 0. The van der Waals surface area contributed by atoms with Gasteiger partial charge in [-0.1, -0.05) is 0 Å². The van der Waals surface area contributed by atoms with Gasteiger partial charge in [-0.15, -0.1) is 11.3 Å². The molecule has 0 radical (unpaired) electrons. The Bertz CT molecular complexity index is 224. The van der Waals surface area contributed by atoms with Gasteiger partial charge in [0.05, 0.1) is 0 Å². The van der Waals surface area contributed by atoms with E-state index in [1.807, 2.05) is 11.3 Å². The summed E-state index contributed by atoms with van der Waals surface area (Å²) in [6, 6.07) is 2.36. The summed E-state index contributed by atoms with van der Waals surface area (Å²) in [6.07, 6.45) is 2.86. The summed E-state index contributed by atoms with van der Waals surface area (Å²) < 4.78 is 0. The van der Waals surface area contributed by atoms with Gasteiger partial charge in [0.25, 0.3) is 0 Å². The van der Waals surface area contributed by atoms with E-state index in [9.17, 15) is 0 Å². The summed E-state index contributed by atoms with van der Waals surface area (Å²) >= 11 is 1.98. The molecule has 0 bridgehead atoms. The second-order valence-corrected chi connectivity index (χ2v) is 4.45. The quantitative estimate of drug-likeness (QED) is 0.579. The molecule has 1 fully saturated rings. The first-order valence-corrected chi connectivity index (χ1v) is 4.66. The molecule has 2 rings (SSSR count). The molecule has 1 saturated carbocycles. The molecule has 0 atom stereocenters. The third-order valence-electron chi connectivity index (χ3n) is 2.16. The van der Waals surface area contributed by atoms with E-state index in [-0.39, 0.29) is 0 Å². The smallest absolute Gasteiger partial charge is 0.00817 e. The van der Waals surface area contributed by atoms with Crippen LogP contribution in [0.4, 0.5) is 0 Å². The molecular weight excluding hydrogens is 140 g/mol. The highest BCUT2D eigenvalue weighted by atomic mass is 32.1. The van der Waals surface area contributed by atoms with Gasteiger partial charge in [0, 0.05) is 9.75 Å². The molecule has 0 aromatic carbocycles. The normalized spacial score (nSPS) is 17.8. The molecule has 1 heteroatoms. The number of rotatable bonds is 1. The molecule has 1 heterocycles. The molecular formula is C9H12S. The molecule has 1 aromatic heterocycles. The van der Waals surface area contributed by atoms with Crippen molar-refractivity contribution >= 4 is 11.3 Å². The predicted molar refractivity (Wildman–Crippen MR) is 45.8 cm³/mol. The summed E-state index contributed by atoms with van der Waals surface area (Å²) in [7, 11) is 0. The van der Waals surface area contributed by atoms with E-state index in [1.165, 1.54) is 23.3 Å². The van der Waals surface area contributed by atoms with Gasteiger partial charge in [-0.25, -0.2) is 0 Å². The fourth-order valence-corrected chi connectivity index (χ4v) is 2.38. The van der Waals surface area contributed by atoms with Crippen molar-refractivity contribution in [3.63, 3.8) is 0 Å². The van der Waals surface area contributed by atoms with Crippen molar-refractivity contribution in [2.24, 2.45) is 0 Å². The Balaban J connectivity index is 2.34. The molecule has 0 saturated heterocycles. The molecule has 0 nitrogen and oxygen atoms in total. The molecule has 0 N–H and O–H groups in total. The Kier molecular flexibility index (Phi) is 1.34. The van der Waals surface area contributed by atoms with Crippen LogP contribution in [0.5, 0.6) is 0 Å². The first-order valence-electron chi connectivity index (χ1n) is 3.84. The fraction of sp³-hybridized carbons (Fsp3) is 0.556. The summed E-state index contributed by atoms with van der Waals surface area (Å²) in [6.45, 7) is 4.42. The Labute approximate surface area is 65.9 Å². The highest BCUT2D eigenvalue weighted by molar-refractivity contribution is 7.12. The van der Waals surface area contributed by atoms with Gasteiger partial charge >= 0.3 is 0 Å². The van der Waals surface area contributed by atoms with E-state index in [4.69, 9.17) is 0 Å². The molecule has 0 aliphatic heterocycles. The predicted octanol–water partition coefficient (Wildman–Crippen LogP) is 3.24. The second-order valence-electron chi connectivity index (χ2n) is 3.16. The maximum absolute atomic E-state index is 2.36. The molecule has 0 spiro atoms. The molecule has 54 valence electrons. The molecule has 10 heavy (non-hydrogen) atoms. The third-order valence-corrected chi connectivity index (χ3v) is 3.48.